The van der Waals surface area contributed by atoms with E-state index in [4.69, 9.17) is 0 Å². The van der Waals surface area contributed by atoms with Crippen molar-refractivity contribution >= 4 is 11.8 Å². The van der Waals surface area contributed by atoms with E-state index in [1.807, 2.05) is 0 Å². The molecule has 1 aliphatic rings. The number of nitrogens with one attached hydrogen (secondary N) is 1. The average molecular weight is 197 g/mol. The first kappa shape index (κ1) is 11.2. The van der Waals surface area contributed by atoms with Crippen LogP contribution in [0.1, 0.15) is 46.0 Å². The summed E-state index contributed by atoms with van der Waals surface area (Å²) in [6.45, 7) is 4.33. The Kier molecular flexibility index (Phi) is 4.11. The molecule has 2 atom stereocenters. The van der Waals surface area contributed by atoms with Crippen LogP contribution in [0, 0.1) is 11.8 Å². The summed E-state index contributed by atoms with van der Waals surface area (Å²) < 4.78 is 0. The third kappa shape index (κ3) is 3.13. The SMILES string of the molecule is CCCC(C)CC1CCC(=O)NC1=O. The van der Waals surface area contributed by atoms with Crippen molar-refractivity contribution in [1.29, 1.82) is 0 Å². The molecule has 2 unspecified atom stereocenters. The van der Waals surface area contributed by atoms with Crippen LogP contribution >= 0.6 is 0 Å². The molecule has 0 saturated carbocycles. The van der Waals surface area contributed by atoms with Gasteiger partial charge in [-0.15, -0.1) is 0 Å². The first-order valence-corrected chi connectivity index (χ1v) is 5.47. The zero-order valence-electron chi connectivity index (χ0n) is 9.01. The lowest BCUT2D eigenvalue weighted by Gasteiger charge is -2.23. The number of hydrogen-bond donors (Lipinski definition) is 1. The number of imide groups is 1. The second-order valence-corrected chi connectivity index (χ2v) is 4.28. The molecule has 14 heavy (non-hydrogen) atoms. The highest BCUT2D eigenvalue weighted by atomic mass is 16.2. The van der Waals surface area contributed by atoms with Crippen molar-refractivity contribution in [2.45, 2.75) is 46.0 Å². The van der Waals surface area contributed by atoms with Gasteiger partial charge < -0.3 is 0 Å². The fourth-order valence-corrected chi connectivity index (χ4v) is 2.06. The van der Waals surface area contributed by atoms with Crippen LogP contribution in [-0.2, 0) is 9.59 Å². The minimum absolute atomic E-state index is 0.0641. The monoisotopic (exact) mass is 197 g/mol. The molecule has 3 heteroatoms. The van der Waals surface area contributed by atoms with Crippen molar-refractivity contribution in [3.05, 3.63) is 0 Å². The molecular weight excluding hydrogens is 178 g/mol. The van der Waals surface area contributed by atoms with Crippen LogP contribution in [0.4, 0.5) is 0 Å². The zero-order valence-corrected chi connectivity index (χ0v) is 9.01. The molecule has 3 nitrogen and oxygen atoms in total. The van der Waals surface area contributed by atoms with E-state index in [0.29, 0.717) is 12.3 Å². The van der Waals surface area contributed by atoms with Gasteiger partial charge in [-0.2, -0.15) is 0 Å². The van der Waals surface area contributed by atoms with Crippen LogP contribution in [0.25, 0.3) is 0 Å². The summed E-state index contributed by atoms with van der Waals surface area (Å²) in [6, 6.07) is 0. The van der Waals surface area contributed by atoms with E-state index in [1.165, 1.54) is 0 Å². The van der Waals surface area contributed by atoms with Gasteiger partial charge in [-0.1, -0.05) is 26.7 Å². The summed E-state index contributed by atoms with van der Waals surface area (Å²) in [5, 5.41) is 2.40. The van der Waals surface area contributed by atoms with Crippen LogP contribution < -0.4 is 5.32 Å². The smallest absolute Gasteiger partial charge is 0.229 e. The molecule has 0 aliphatic carbocycles. The Labute approximate surface area is 85.3 Å². The molecule has 1 rings (SSSR count). The molecule has 1 fully saturated rings. The molecule has 0 aromatic heterocycles. The van der Waals surface area contributed by atoms with Crippen LogP contribution in [-0.4, -0.2) is 11.8 Å². The summed E-state index contributed by atoms with van der Waals surface area (Å²) in [7, 11) is 0. The lowest BCUT2D eigenvalue weighted by Crippen LogP contribution is -2.41. The number of hydrogen-bond acceptors (Lipinski definition) is 2. The summed E-state index contributed by atoms with van der Waals surface area (Å²) in [6.07, 6.45) is 4.49. The molecular formula is C11H19NO2. The lowest BCUT2D eigenvalue weighted by atomic mass is 9.87. The van der Waals surface area contributed by atoms with E-state index >= 15 is 0 Å². The molecule has 0 spiro atoms. The number of rotatable bonds is 4. The lowest BCUT2D eigenvalue weighted by molar-refractivity contribution is -0.136. The fourth-order valence-electron chi connectivity index (χ4n) is 2.06. The standard InChI is InChI=1S/C11H19NO2/c1-3-4-8(2)7-9-5-6-10(13)12-11(9)14/h8-9H,3-7H2,1-2H3,(H,12,13,14). The largest absolute Gasteiger partial charge is 0.296 e. The van der Waals surface area contributed by atoms with Crippen LogP contribution in [0.3, 0.4) is 0 Å². The zero-order chi connectivity index (χ0) is 10.6. The Morgan fingerprint density at radius 1 is 1.50 bits per heavy atom. The third-order valence-corrected chi connectivity index (χ3v) is 2.82. The van der Waals surface area contributed by atoms with Crippen molar-refractivity contribution in [1.82, 2.24) is 5.32 Å². The maximum atomic E-state index is 11.4. The molecule has 0 aromatic carbocycles. The number of carbonyl (C=O) groups excluding carboxylic acids is 2. The first-order chi connectivity index (χ1) is 6.63. The molecule has 1 aliphatic heterocycles. The summed E-state index contributed by atoms with van der Waals surface area (Å²) in [5.74, 6) is 0.469. The number of amides is 2. The van der Waals surface area contributed by atoms with Gasteiger partial charge in [-0.05, 0) is 18.8 Å². The second-order valence-electron chi connectivity index (χ2n) is 4.28. The van der Waals surface area contributed by atoms with Gasteiger partial charge >= 0.3 is 0 Å². The summed E-state index contributed by atoms with van der Waals surface area (Å²) >= 11 is 0. The van der Waals surface area contributed by atoms with Crippen molar-refractivity contribution in [3.8, 4) is 0 Å². The molecule has 80 valence electrons. The minimum atomic E-state index is -0.116. The van der Waals surface area contributed by atoms with Gasteiger partial charge in [0.05, 0.1) is 0 Å². The van der Waals surface area contributed by atoms with Gasteiger partial charge in [-0.25, -0.2) is 0 Å². The van der Waals surface area contributed by atoms with E-state index in [2.05, 4.69) is 19.2 Å². The topological polar surface area (TPSA) is 46.2 Å². The Balaban J connectivity index is 2.37. The summed E-state index contributed by atoms with van der Waals surface area (Å²) in [5.41, 5.74) is 0. The fraction of sp³-hybridized carbons (Fsp3) is 0.818. The highest BCUT2D eigenvalue weighted by molar-refractivity contribution is 5.98. The van der Waals surface area contributed by atoms with Crippen LogP contribution in [0.15, 0.2) is 0 Å². The third-order valence-electron chi connectivity index (χ3n) is 2.82. The maximum Gasteiger partial charge on any atom is 0.229 e. The van der Waals surface area contributed by atoms with Crippen molar-refractivity contribution in [2.24, 2.45) is 11.8 Å². The Morgan fingerprint density at radius 2 is 2.21 bits per heavy atom. The van der Waals surface area contributed by atoms with Gasteiger partial charge in [0.15, 0.2) is 0 Å². The Bertz CT molecular complexity index is 225. The predicted octanol–water partition coefficient (Wildman–Crippen LogP) is 1.87. The van der Waals surface area contributed by atoms with E-state index in [0.717, 1.165) is 25.7 Å². The highest BCUT2D eigenvalue weighted by Crippen LogP contribution is 2.23. The maximum absolute atomic E-state index is 11.4. The second kappa shape index (κ2) is 5.13. The number of carbonyl (C=O) groups is 2. The van der Waals surface area contributed by atoms with Gasteiger partial charge in [0, 0.05) is 12.3 Å². The van der Waals surface area contributed by atoms with Gasteiger partial charge in [0.25, 0.3) is 0 Å². The van der Waals surface area contributed by atoms with E-state index in [-0.39, 0.29) is 17.7 Å². The molecule has 2 amide bonds. The predicted molar refractivity (Wildman–Crippen MR) is 54.6 cm³/mol. The van der Waals surface area contributed by atoms with E-state index in [9.17, 15) is 9.59 Å². The van der Waals surface area contributed by atoms with Crippen molar-refractivity contribution in [2.75, 3.05) is 0 Å². The molecule has 0 bridgehead atoms. The van der Waals surface area contributed by atoms with Crippen LogP contribution in [0.2, 0.25) is 0 Å². The van der Waals surface area contributed by atoms with E-state index in [1.54, 1.807) is 0 Å². The normalized spacial score (nSPS) is 24.6. The minimum Gasteiger partial charge on any atom is -0.296 e. The van der Waals surface area contributed by atoms with Crippen molar-refractivity contribution < 1.29 is 9.59 Å². The van der Waals surface area contributed by atoms with E-state index < -0.39 is 0 Å². The van der Waals surface area contributed by atoms with Gasteiger partial charge in [0.2, 0.25) is 11.8 Å². The molecule has 0 radical (unpaired) electrons. The Morgan fingerprint density at radius 3 is 2.79 bits per heavy atom. The molecule has 1 heterocycles. The van der Waals surface area contributed by atoms with Crippen LogP contribution in [0.5, 0.6) is 0 Å². The van der Waals surface area contributed by atoms with Gasteiger partial charge in [-0.3, -0.25) is 14.9 Å². The van der Waals surface area contributed by atoms with Gasteiger partial charge in [0.1, 0.15) is 0 Å². The highest BCUT2D eigenvalue weighted by Gasteiger charge is 2.27. The first-order valence-electron chi connectivity index (χ1n) is 5.47. The Hall–Kier alpha value is -0.860. The summed E-state index contributed by atoms with van der Waals surface area (Å²) in [4.78, 5) is 22.3. The molecule has 0 aromatic rings. The molecule has 1 N–H and O–H groups in total. The van der Waals surface area contributed by atoms with Crippen molar-refractivity contribution in [3.63, 3.8) is 0 Å². The quantitative estimate of drug-likeness (QED) is 0.699. The number of piperidine rings is 1. The average Bonchev–Trinajstić information content (AvgIpc) is 2.10. The molecule has 1 saturated heterocycles.